The van der Waals surface area contributed by atoms with Crippen molar-refractivity contribution in [1.82, 2.24) is 20.1 Å². The summed E-state index contributed by atoms with van der Waals surface area (Å²) in [6.07, 6.45) is 0.999. The number of carbonyl (C=O) groups excluding carboxylic acids is 1. The predicted octanol–water partition coefficient (Wildman–Crippen LogP) is 3.50. The molecule has 5 nitrogen and oxygen atoms in total. The number of hydrogen-bond donors (Lipinski definition) is 1. The van der Waals surface area contributed by atoms with Crippen molar-refractivity contribution < 1.29 is 4.79 Å². The summed E-state index contributed by atoms with van der Waals surface area (Å²) in [5.74, 6) is 0.880. The van der Waals surface area contributed by atoms with Crippen molar-refractivity contribution in [2.45, 2.75) is 30.9 Å². The van der Waals surface area contributed by atoms with Gasteiger partial charge in [0, 0.05) is 54.3 Å². The molecule has 0 radical (unpaired) electrons. The van der Waals surface area contributed by atoms with Crippen molar-refractivity contribution in [1.29, 1.82) is 0 Å². The van der Waals surface area contributed by atoms with Crippen LogP contribution in [0.4, 0.5) is 0 Å². The molecule has 0 aliphatic carbocycles. The van der Waals surface area contributed by atoms with E-state index >= 15 is 0 Å². The Morgan fingerprint density at radius 1 is 1.18 bits per heavy atom. The van der Waals surface area contributed by atoms with E-state index in [0.29, 0.717) is 0 Å². The largest absolute Gasteiger partial charge is 0.352 e. The lowest BCUT2D eigenvalue weighted by Crippen LogP contribution is -2.46. The number of carbonyl (C=O) groups is 1. The Morgan fingerprint density at radius 3 is 2.54 bits per heavy atom. The minimum atomic E-state index is 0.0162. The molecule has 0 bridgehead atoms. The minimum absolute atomic E-state index is 0.0162. The maximum absolute atomic E-state index is 12.3. The van der Waals surface area contributed by atoms with Gasteiger partial charge in [-0.25, -0.2) is 4.98 Å². The predicted molar refractivity (Wildman–Crippen MR) is 118 cm³/mol. The molecule has 1 aromatic carbocycles. The molecule has 1 aliphatic heterocycles. The third-order valence-electron chi connectivity index (χ3n) is 5.02. The minimum Gasteiger partial charge on any atom is -0.352 e. The summed E-state index contributed by atoms with van der Waals surface area (Å²) in [5, 5.41) is 6.25. The zero-order valence-electron chi connectivity index (χ0n) is 16.8. The molecule has 1 aliphatic rings. The standard InChI is InChI=1S/C21H30N4OS2/c1-3-24-11-13-25(14-12-24)10-4-9-22-21(26)18-5-7-20(8-6-18)28-16-19-15-27-17(2)23-19/h5-8,15H,3-4,9-14,16H2,1-2H3,(H,22,26). The van der Waals surface area contributed by atoms with Crippen LogP contribution in [-0.2, 0) is 5.75 Å². The van der Waals surface area contributed by atoms with Gasteiger partial charge < -0.3 is 15.1 Å². The number of hydrogen-bond acceptors (Lipinski definition) is 6. The van der Waals surface area contributed by atoms with Gasteiger partial charge in [0.25, 0.3) is 5.91 Å². The molecule has 0 atom stereocenters. The fourth-order valence-electron chi connectivity index (χ4n) is 3.27. The Morgan fingerprint density at radius 2 is 1.89 bits per heavy atom. The van der Waals surface area contributed by atoms with E-state index in [9.17, 15) is 4.79 Å². The quantitative estimate of drug-likeness (QED) is 0.499. The van der Waals surface area contributed by atoms with E-state index < -0.39 is 0 Å². The second-order valence-corrected chi connectivity index (χ2v) is 9.17. The second kappa shape index (κ2) is 11.0. The van der Waals surface area contributed by atoms with Crippen LogP contribution in [0.3, 0.4) is 0 Å². The number of thiazole rings is 1. The lowest BCUT2D eigenvalue weighted by atomic mass is 10.2. The molecule has 1 saturated heterocycles. The van der Waals surface area contributed by atoms with Crippen LogP contribution in [-0.4, -0.2) is 66.5 Å². The SMILES string of the molecule is CCN1CCN(CCCNC(=O)c2ccc(SCc3csc(C)n3)cc2)CC1. The van der Waals surface area contributed by atoms with Crippen LogP contribution in [0, 0.1) is 6.92 Å². The van der Waals surface area contributed by atoms with Crippen molar-refractivity contribution in [3.05, 3.63) is 45.9 Å². The van der Waals surface area contributed by atoms with Crippen LogP contribution in [0.2, 0.25) is 0 Å². The van der Waals surface area contributed by atoms with E-state index in [4.69, 9.17) is 0 Å². The summed E-state index contributed by atoms with van der Waals surface area (Å²) in [4.78, 5) is 22.9. The van der Waals surface area contributed by atoms with Crippen LogP contribution < -0.4 is 5.32 Å². The number of likely N-dealkylation sites (N-methyl/N-ethyl adjacent to an activating group) is 1. The summed E-state index contributed by atoms with van der Waals surface area (Å²) in [7, 11) is 0. The molecule has 1 aromatic heterocycles. The van der Waals surface area contributed by atoms with Gasteiger partial charge in [0.1, 0.15) is 0 Å². The molecule has 1 fully saturated rings. The Hall–Kier alpha value is -1.41. The van der Waals surface area contributed by atoms with Gasteiger partial charge in [-0.15, -0.1) is 23.1 Å². The van der Waals surface area contributed by atoms with Gasteiger partial charge in [-0.2, -0.15) is 0 Å². The highest BCUT2D eigenvalue weighted by Crippen LogP contribution is 2.23. The number of thioether (sulfide) groups is 1. The third kappa shape index (κ3) is 6.58. The van der Waals surface area contributed by atoms with Crippen molar-refractivity contribution >= 4 is 29.0 Å². The van der Waals surface area contributed by atoms with Gasteiger partial charge in [0.2, 0.25) is 0 Å². The van der Waals surface area contributed by atoms with Gasteiger partial charge in [-0.1, -0.05) is 6.92 Å². The van der Waals surface area contributed by atoms with Crippen molar-refractivity contribution in [3.8, 4) is 0 Å². The first-order valence-corrected chi connectivity index (χ1v) is 11.9. The van der Waals surface area contributed by atoms with Gasteiger partial charge >= 0.3 is 0 Å². The van der Waals surface area contributed by atoms with Crippen LogP contribution in [0.15, 0.2) is 34.5 Å². The molecule has 7 heteroatoms. The molecular formula is C21H30N4OS2. The summed E-state index contributed by atoms with van der Waals surface area (Å²) in [6, 6.07) is 7.86. The van der Waals surface area contributed by atoms with Crippen LogP contribution in [0.1, 0.15) is 34.4 Å². The monoisotopic (exact) mass is 418 g/mol. The summed E-state index contributed by atoms with van der Waals surface area (Å²) < 4.78 is 0. The molecule has 3 rings (SSSR count). The highest BCUT2D eigenvalue weighted by Gasteiger charge is 2.14. The van der Waals surface area contributed by atoms with E-state index in [1.54, 1.807) is 23.1 Å². The topological polar surface area (TPSA) is 48.5 Å². The van der Waals surface area contributed by atoms with E-state index in [0.717, 1.165) is 79.1 Å². The van der Waals surface area contributed by atoms with Crippen molar-refractivity contribution in [3.63, 3.8) is 0 Å². The van der Waals surface area contributed by atoms with E-state index in [1.165, 1.54) is 0 Å². The zero-order valence-corrected chi connectivity index (χ0v) is 18.5. The Balaban J connectivity index is 1.34. The molecule has 2 aromatic rings. The fraction of sp³-hybridized carbons (Fsp3) is 0.524. The number of piperazine rings is 1. The van der Waals surface area contributed by atoms with Gasteiger partial charge in [0.05, 0.1) is 10.7 Å². The Bertz CT molecular complexity index is 739. The molecule has 0 saturated carbocycles. The van der Waals surface area contributed by atoms with Crippen LogP contribution in [0.25, 0.3) is 0 Å². The molecule has 0 spiro atoms. The third-order valence-corrected chi connectivity index (χ3v) is 6.89. The van der Waals surface area contributed by atoms with Gasteiger partial charge in [0.15, 0.2) is 0 Å². The molecule has 28 heavy (non-hydrogen) atoms. The number of aryl methyl sites for hydroxylation is 1. The molecule has 0 unspecified atom stereocenters. The number of rotatable bonds is 9. The molecule has 152 valence electrons. The second-order valence-electron chi connectivity index (χ2n) is 7.06. The lowest BCUT2D eigenvalue weighted by molar-refractivity contribution is 0.0948. The number of aromatic nitrogens is 1. The van der Waals surface area contributed by atoms with E-state index in [2.05, 4.69) is 32.4 Å². The van der Waals surface area contributed by atoms with Crippen LogP contribution in [0.5, 0.6) is 0 Å². The first-order chi connectivity index (χ1) is 13.6. The maximum Gasteiger partial charge on any atom is 0.251 e. The van der Waals surface area contributed by atoms with Crippen LogP contribution >= 0.6 is 23.1 Å². The van der Waals surface area contributed by atoms with Gasteiger partial charge in [-0.3, -0.25) is 4.79 Å². The zero-order chi connectivity index (χ0) is 19.8. The highest BCUT2D eigenvalue weighted by molar-refractivity contribution is 7.98. The molecule has 1 N–H and O–H groups in total. The number of nitrogens with zero attached hydrogens (tertiary/aromatic N) is 3. The average molecular weight is 419 g/mol. The first-order valence-electron chi connectivity index (χ1n) is 10.0. The number of nitrogens with one attached hydrogen (secondary N) is 1. The molecule has 2 heterocycles. The van der Waals surface area contributed by atoms with Crippen molar-refractivity contribution in [2.24, 2.45) is 0 Å². The lowest BCUT2D eigenvalue weighted by Gasteiger charge is -2.33. The molecule has 1 amide bonds. The molecular weight excluding hydrogens is 388 g/mol. The normalized spacial score (nSPS) is 15.6. The highest BCUT2D eigenvalue weighted by atomic mass is 32.2. The summed E-state index contributed by atoms with van der Waals surface area (Å²) in [6.45, 7) is 11.8. The number of amides is 1. The van der Waals surface area contributed by atoms with E-state index in [-0.39, 0.29) is 5.91 Å². The Kier molecular flexibility index (Phi) is 8.33. The fourth-order valence-corrected chi connectivity index (χ4v) is 4.78. The van der Waals surface area contributed by atoms with E-state index in [1.807, 2.05) is 31.2 Å². The van der Waals surface area contributed by atoms with Crippen molar-refractivity contribution in [2.75, 3.05) is 45.8 Å². The smallest absolute Gasteiger partial charge is 0.251 e. The average Bonchev–Trinajstić information content (AvgIpc) is 3.15. The maximum atomic E-state index is 12.3. The first kappa shape index (κ1) is 21.3. The van der Waals surface area contributed by atoms with Gasteiger partial charge in [-0.05, 0) is 50.7 Å². The Labute approximate surface area is 176 Å². The summed E-state index contributed by atoms with van der Waals surface area (Å²) >= 11 is 3.43. The number of benzene rings is 1. The summed E-state index contributed by atoms with van der Waals surface area (Å²) in [5.41, 5.74) is 1.84.